The second-order valence-electron chi connectivity index (χ2n) is 5.24. The zero-order chi connectivity index (χ0) is 16.9. The number of guanidine groups is 1. The van der Waals surface area contributed by atoms with Gasteiger partial charge in [-0.3, -0.25) is 4.99 Å². The number of hydrogen-bond acceptors (Lipinski definition) is 4. The van der Waals surface area contributed by atoms with Gasteiger partial charge in [-0.15, -0.1) is 13.2 Å². The van der Waals surface area contributed by atoms with Gasteiger partial charge in [0.2, 0.25) is 0 Å². The van der Waals surface area contributed by atoms with Crippen LogP contribution in [0, 0.1) is 0 Å². The van der Waals surface area contributed by atoms with Crippen molar-refractivity contribution in [2.24, 2.45) is 10.7 Å². The molecule has 1 aliphatic heterocycles. The number of ether oxygens (including phenoxy) is 2. The molecule has 1 aromatic carbocycles. The van der Waals surface area contributed by atoms with Crippen LogP contribution >= 0.6 is 0 Å². The highest BCUT2D eigenvalue weighted by atomic mass is 19.4. The van der Waals surface area contributed by atoms with Gasteiger partial charge >= 0.3 is 6.36 Å². The maximum Gasteiger partial charge on any atom is 0.573 e. The summed E-state index contributed by atoms with van der Waals surface area (Å²) < 4.78 is 45.1. The fraction of sp³-hybridized carbons (Fsp3) is 0.500. The van der Waals surface area contributed by atoms with Crippen LogP contribution in [0.3, 0.4) is 0 Å². The van der Waals surface area contributed by atoms with Crippen LogP contribution in [0.5, 0.6) is 5.75 Å². The van der Waals surface area contributed by atoms with Crippen molar-refractivity contribution in [3.8, 4) is 5.75 Å². The van der Waals surface area contributed by atoms with Gasteiger partial charge in [0.05, 0.1) is 12.1 Å². The minimum Gasteiger partial charge on any atom is -0.406 e. The SMILES string of the molecule is NC(=NCC1(O)CCOCC1)Nc1ccc(OC(F)(F)F)cc1. The first kappa shape index (κ1) is 17.4. The Labute approximate surface area is 131 Å². The summed E-state index contributed by atoms with van der Waals surface area (Å²) in [6.45, 7) is 1.07. The highest BCUT2D eigenvalue weighted by Gasteiger charge is 2.31. The Hall–Kier alpha value is -2.00. The lowest BCUT2D eigenvalue weighted by Gasteiger charge is -2.30. The average molecular weight is 333 g/mol. The zero-order valence-electron chi connectivity index (χ0n) is 12.3. The van der Waals surface area contributed by atoms with E-state index in [1.165, 1.54) is 12.1 Å². The summed E-state index contributed by atoms with van der Waals surface area (Å²) in [5, 5.41) is 13.0. The van der Waals surface area contributed by atoms with Crippen LogP contribution in [-0.4, -0.2) is 42.8 Å². The molecule has 0 aromatic heterocycles. The number of anilines is 1. The van der Waals surface area contributed by atoms with Crippen molar-refractivity contribution in [3.63, 3.8) is 0 Å². The van der Waals surface area contributed by atoms with Gasteiger partial charge in [-0.25, -0.2) is 0 Å². The first-order chi connectivity index (χ1) is 10.8. The molecule has 0 aliphatic carbocycles. The Morgan fingerprint density at radius 3 is 2.48 bits per heavy atom. The molecule has 4 N–H and O–H groups in total. The molecule has 0 unspecified atom stereocenters. The Kier molecular flexibility index (Phi) is 5.32. The zero-order valence-corrected chi connectivity index (χ0v) is 12.3. The maximum absolute atomic E-state index is 12.1. The Morgan fingerprint density at radius 2 is 1.91 bits per heavy atom. The summed E-state index contributed by atoms with van der Waals surface area (Å²) in [6.07, 6.45) is -3.77. The van der Waals surface area contributed by atoms with Crippen LogP contribution < -0.4 is 15.8 Å². The first-order valence-electron chi connectivity index (χ1n) is 6.99. The quantitative estimate of drug-likeness (QED) is 0.578. The van der Waals surface area contributed by atoms with E-state index in [1.807, 2.05) is 0 Å². The van der Waals surface area contributed by atoms with E-state index < -0.39 is 12.0 Å². The smallest absolute Gasteiger partial charge is 0.406 e. The average Bonchev–Trinajstić information content (AvgIpc) is 2.47. The number of hydrogen-bond donors (Lipinski definition) is 3. The van der Waals surface area contributed by atoms with E-state index in [2.05, 4.69) is 15.0 Å². The van der Waals surface area contributed by atoms with Crippen molar-refractivity contribution in [3.05, 3.63) is 24.3 Å². The third-order valence-corrected chi connectivity index (χ3v) is 3.33. The summed E-state index contributed by atoms with van der Waals surface area (Å²) >= 11 is 0. The van der Waals surface area contributed by atoms with Crippen molar-refractivity contribution >= 4 is 11.6 Å². The summed E-state index contributed by atoms with van der Waals surface area (Å²) in [5.74, 6) is -0.260. The van der Waals surface area contributed by atoms with Crippen molar-refractivity contribution in [1.82, 2.24) is 0 Å². The van der Waals surface area contributed by atoms with Gasteiger partial charge in [0, 0.05) is 31.7 Å². The van der Waals surface area contributed by atoms with Gasteiger partial charge in [-0.2, -0.15) is 0 Å². The van der Waals surface area contributed by atoms with Crippen LogP contribution in [-0.2, 0) is 4.74 Å². The van der Waals surface area contributed by atoms with E-state index in [9.17, 15) is 18.3 Å². The van der Waals surface area contributed by atoms with E-state index in [-0.39, 0.29) is 18.3 Å². The summed E-state index contributed by atoms with van der Waals surface area (Å²) in [4.78, 5) is 4.06. The molecule has 1 aliphatic rings. The molecular formula is C14H18F3N3O3. The molecule has 1 fully saturated rings. The molecular weight excluding hydrogens is 315 g/mol. The van der Waals surface area contributed by atoms with Crippen LogP contribution in [0.2, 0.25) is 0 Å². The standard InChI is InChI=1S/C14H18F3N3O3/c15-14(16,17)23-11-3-1-10(2-4-11)20-12(18)19-9-13(21)5-7-22-8-6-13/h1-4,21H,5-9H2,(H3,18,19,20). The van der Waals surface area contributed by atoms with Crippen LogP contribution in [0.4, 0.5) is 18.9 Å². The number of aliphatic imine (C=N–C) groups is 1. The second-order valence-corrected chi connectivity index (χ2v) is 5.24. The number of aliphatic hydroxyl groups is 1. The predicted molar refractivity (Wildman–Crippen MR) is 78.2 cm³/mol. The van der Waals surface area contributed by atoms with Gasteiger partial charge < -0.3 is 25.6 Å². The highest BCUT2D eigenvalue weighted by molar-refractivity contribution is 5.92. The summed E-state index contributed by atoms with van der Waals surface area (Å²) in [6, 6.07) is 5.09. The molecule has 1 aromatic rings. The molecule has 9 heteroatoms. The molecule has 23 heavy (non-hydrogen) atoms. The number of benzene rings is 1. The minimum atomic E-state index is -4.73. The fourth-order valence-electron chi connectivity index (χ4n) is 2.07. The molecule has 0 saturated carbocycles. The lowest BCUT2D eigenvalue weighted by molar-refractivity contribution is -0.274. The topological polar surface area (TPSA) is 89.1 Å². The van der Waals surface area contributed by atoms with Gasteiger partial charge in [-0.1, -0.05) is 0 Å². The highest BCUT2D eigenvalue weighted by Crippen LogP contribution is 2.24. The Bertz CT molecular complexity index is 540. The lowest BCUT2D eigenvalue weighted by Crippen LogP contribution is -2.40. The number of halogens is 3. The number of nitrogens with one attached hydrogen (secondary N) is 1. The van der Waals surface area contributed by atoms with Gasteiger partial charge in [0.15, 0.2) is 5.96 Å². The van der Waals surface area contributed by atoms with Crippen LogP contribution in [0.25, 0.3) is 0 Å². The fourth-order valence-corrected chi connectivity index (χ4v) is 2.07. The maximum atomic E-state index is 12.1. The van der Waals surface area contributed by atoms with Crippen LogP contribution in [0.1, 0.15) is 12.8 Å². The molecule has 0 spiro atoms. The molecule has 1 heterocycles. The predicted octanol–water partition coefficient (Wildman–Crippen LogP) is 1.85. The molecule has 0 atom stereocenters. The van der Waals surface area contributed by atoms with E-state index in [4.69, 9.17) is 10.5 Å². The van der Waals surface area contributed by atoms with Crippen molar-refractivity contribution in [1.29, 1.82) is 0 Å². The van der Waals surface area contributed by atoms with Crippen molar-refractivity contribution in [2.45, 2.75) is 24.8 Å². The third-order valence-electron chi connectivity index (χ3n) is 3.33. The Morgan fingerprint density at radius 1 is 1.30 bits per heavy atom. The monoisotopic (exact) mass is 333 g/mol. The van der Waals surface area contributed by atoms with E-state index >= 15 is 0 Å². The second kappa shape index (κ2) is 7.05. The number of alkyl halides is 3. The minimum absolute atomic E-state index is 0.0643. The number of rotatable bonds is 4. The van der Waals surface area contributed by atoms with Gasteiger partial charge in [0.25, 0.3) is 0 Å². The molecule has 6 nitrogen and oxygen atoms in total. The van der Waals surface area contributed by atoms with Gasteiger partial charge in [-0.05, 0) is 24.3 Å². The Balaban J connectivity index is 1.89. The van der Waals surface area contributed by atoms with Crippen molar-refractivity contribution in [2.75, 3.05) is 25.1 Å². The first-order valence-corrected chi connectivity index (χ1v) is 6.99. The molecule has 1 saturated heterocycles. The molecule has 0 amide bonds. The van der Waals surface area contributed by atoms with E-state index in [0.29, 0.717) is 31.7 Å². The summed E-state index contributed by atoms with van der Waals surface area (Å²) in [5.41, 5.74) is 5.23. The van der Waals surface area contributed by atoms with E-state index in [0.717, 1.165) is 12.1 Å². The molecule has 0 bridgehead atoms. The largest absolute Gasteiger partial charge is 0.573 e. The normalized spacial score (nSPS) is 18.5. The van der Waals surface area contributed by atoms with Gasteiger partial charge in [0.1, 0.15) is 5.75 Å². The third kappa shape index (κ3) is 5.95. The number of nitrogens with zero attached hydrogens (tertiary/aromatic N) is 1. The lowest BCUT2D eigenvalue weighted by atomic mass is 9.95. The molecule has 0 radical (unpaired) electrons. The number of nitrogens with two attached hydrogens (primary N) is 1. The van der Waals surface area contributed by atoms with Crippen molar-refractivity contribution < 1.29 is 27.8 Å². The van der Waals surface area contributed by atoms with E-state index in [1.54, 1.807) is 0 Å². The molecule has 2 rings (SSSR count). The summed E-state index contributed by atoms with van der Waals surface area (Å²) in [7, 11) is 0. The van der Waals surface area contributed by atoms with Crippen LogP contribution in [0.15, 0.2) is 29.3 Å². The molecule has 128 valence electrons.